The molecule has 0 aromatic rings. The Labute approximate surface area is 80.2 Å². The third-order valence-electron chi connectivity index (χ3n) is 0.848. The van der Waals surface area contributed by atoms with Gasteiger partial charge in [0.15, 0.2) is 0 Å². The molecule has 9 heavy (non-hydrogen) atoms. The SMILES string of the molecule is COC([C-]=O)C(C)N.[Y+3]. The molecule has 0 aliphatic carbocycles. The molecule has 0 aromatic heterocycles. The van der Waals surface area contributed by atoms with Crippen LogP contribution in [0.5, 0.6) is 0 Å². The molecule has 0 saturated carbocycles. The van der Waals surface area contributed by atoms with Crippen LogP contribution in [0.25, 0.3) is 0 Å². The fourth-order valence-corrected chi connectivity index (χ4v) is 0.370. The van der Waals surface area contributed by atoms with E-state index in [4.69, 9.17) is 5.73 Å². The Hall–Kier alpha value is 0.694. The molecule has 4 heteroatoms. The minimum Gasteiger partial charge on any atom is -0.539 e. The molecule has 0 spiro atoms. The van der Waals surface area contributed by atoms with Crippen LogP contribution >= 0.6 is 0 Å². The fourth-order valence-electron chi connectivity index (χ4n) is 0.370. The molecular weight excluding hydrogens is 195 g/mol. The monoisotopic (exact) mass is 205 g/mol. The van der Waals surface area contributed by atoms with E-state index in [0.29, 0.717) is 0 Å². The maximum atomic E-state index is 9.85. The minimum absolute atomic E-state index is 0. The van der Waals surface area contributed by atoms with Gasteiger partial charge >= 0.3 is 32.7 Å². The Kier molecular flexibility index (Phi) is 9.36. The van der Waals surface area contributed by atoms with E-state index < -0.39 is 6.10 Å². The quantitative estimate of drug-likeness (QED) is 0.629. The van der Waals surface area contributed by atoms with Crippen LogP contribution < -0.4 is 5.73 Å². The predicted molar refractivity (Wildman–Crippen MR) is 30.1 cm³/mol. The van der Waals surface area contributed by atoms with Crippen molar-refractivity contribution < 1.29 is 42.2 Å². The predicted octanol–water partition coefficient (Wildman–Crippen LogP) is -0.544. The third-order valence-corrected chi connectivity index (χ3v) is 0.848. The van der Waals surface area contributed by atoms with Crippen molar-refractivity contribution in [3.63, 3.8) is 0 Å². The van der Waals surface area contributed by atoms with E-state index in [1.165, 1.54) is 7.11 Å². The van der Waals surface area contributed by atoms with Gasteiger partial charge in [0, 0.05) is 13.2 Å². The second-order valence-electron chi connectivity index (χ2n) is 1.63. The van der Waals surface area contributed by atoms with Gasteiger partial charge in [0.2, 0.25) is 0 Å². The number of hydrogen-bond donors (Lipinski definition) is 1. The molecule has 0 aliphatic heterocycles. The van der Waals surface area contributed by atoms with Gasteiger partial charge in [-0.15, -0.1) is 0 Å². The van der Waals surface area contributed by atoms with Crippen LogP contribution in [0.15, 0.2) is 0 Å². The molecule has 0 fully saturated rings. The van der Waals surface area contributed by atoms with Crippen molar-refractivity contribution in [2.75, 3.05) is 7.11 Å². The molecular formula is C5H10NO2Y+2. The summed E-state index contributed by atoms with van der Waals surface area (Å²) in [6.45, 7) is 1.69. The first-order valence-corrected chi connectivity index (χ1v) is 2.38. The second-order valence-corrected chi connectivity index (χ2v) is 1.63. The van der Waals surface area contributed by atoms with Crippen molar-refractivity contribution in [2.24, 2.45) is 5.73 Å². The van der Waals surface area contributed by atoms with Gasteiger partial charge in [-0.2, -0.15) is 0 Å². The van der Waals surface area contributed by atoms with Crippen LogP contribution in [0.1, 0.15) is 6.92 Å². The van der Waals surface area contributed by atoms with Gasteiger partial charge in [0.05, 0.1) is 0 Å². The van der Waals surface area contributed by atoms with E-state index >= 15 is 0 Å². The van der Waals surface area contributed by atoms with E-state index in [1.807, 2.05) is 0 Å². The molecule has 0 aromatic carbocycles. The molecule has 0 radical (unpaired) electrons. The maximum Gasteiger partial charge on any atom is 3.00 e. The molecule has 48 valence electrons. The van der Waals surface area contributed by atoms with E-state index in [1.54, 1.807) is 13.2 Å². The summed E-state index contributed by atoms with van der Waals surface area (Å²) >= 11 is 0. The summed E-state index contributed by atoms with van der Waals surface area (Å²) in [5.41, 5.74) is 5.27. The first kappa shape index (κ1) is 12.4. The van der Waals surface area contributed by atoms with Gasteiger partial charge in [-0.3, -0.25) is 0 Å². The summed E-state index contributed by atoms with van der Waals surface area (Å²) in [6, 6.07) is -0.266. The first-order valence-electron chi connectivity index (χ1n) is 2.38. The largest absolute Gasteiger partial charge is 3.00 e. The third kappa shape index (κ3) is 5.15. The zero-order chi connectivity index (χ0) is 6.57. The summed E-state index contributed by atoms with van der Waals surface area (Å²) in [5, 5.41) is 0. The average Bonchev–Trinajstić information content (AvgIpc) is 1.69. The summed E-state index contributed by atoms with van der Waals surface area (Å²) in [5.74, 6) is 0. The normalized spacial score (nSPS) is 15.4. The molecule has 2 N–H and O–H groups in total. The van der Waals surface area contributed by atoms with Gasteiger partial charge in [-0.05, 0) is 13.0 Å². The number of rotatable bonds is 3. The van der Waals surface area contributed by atoms with Gasteiger partial charge in [-0.1, -0.05) is 0 Å². The summed E-state index contributed by atoms with van der Waals surface area (Å²) < 4.78 is 4.61. The van der Waals surface area contributed by atoms with Crippen molar-refractivity contribution in [3.05, 3.63) is 0 Å². The van der Waals surface area contributed by atoms with E-state index in [0.717, 1.165) is 0 Å². The molecule has 0 amide bonds. The Morgan fingerprint density at radius 3 is 2.11 bits per heavy atom. The number of carbonyl (C=O) groups excluding carboxylic acids is 1. The van der Waals surface area contributed by atoms with Gasteiger partial charge in [0.25, 0.3) is 0 Å². The topological polar surface area (TPSA) is 52.3 Å². The fraction of sp³-hybridized carbons (Fsp3) is 0.800. The molecule has 2 unspecified atom stereocenters. The maximum absolute atomic E-state index is 9.85. The zero-order valence-electron chi connectivity index (χ0n) is 5.63. The van der Waals surface area contributed by atoms with Gasteiger partial charge in [-0.25, -0.2) is 6.29 Å². The zero-order valence-corrected chi connectivity index (χ0v) is 8.46. The standard InChI is InChI=1S/C5H10NO2.Y/c1-4(6)5(3-7)8-2;/h4-5H,6H2,1-2H3;/q-1;+3. The first-order chi connectivity index (χ1) is 3.72. The van der Waals surface area contributed by atoms with Crippen molar-refractivity contribution >= 4 is 6.29 Å². The van der Waals surface area contributed by atoms with Crippen LogP contribution in [0, 0.1) is 0 Å². The van der Waals surface area contributed by atoms with Gasteiger partial charge < -0.3 is 15.3 Å². The van der Waals surface area contributed by atoms with Crippen LogP contribution in [0.4, 0.5) is 0 Å². The molecule has 0 heterocycles. The number of nitrogens with two attached hydrogens (primary N) is 1. The molecule has 0 saturated heterocycles. The van der Waals surface area contributed by atoms with E-state index in [-0.39, 0.29) is 38.8 Å². The molecule has 2 atom stereocenters. The smallest absolute Gasteiger partial charge is 0.539 e. The van der Waals surface area contributed by atoms with Crippen molar-refractivity contribution in [1.29, 1.82) is 0 Å². The number of hydrogen-bond acceptors (Lipinski definition) is 3. The van der Waals surface area contributed by atoms with E-state index in [2.05, 4.69) is 4.74 Å². The Bertz CT molecular complexity index is 77.4. The molecule has 0 rings (SSSR count). The summed E-state index contributed by atoms with van der Waals surface area (Å²) in [6.07, 6.45) is 1.08. The summed E-state index contributed by atoms with van der Waals surface area (Å²) in [4.78, 5) is 9.85. The molecule has 3 nitrogen and oxygen atoms in total. The summed E-state index contributed by atoms with van der Waals surface area (Å²) in [7, 11) is 1.43. The number of ether oxygens (including phenoxy) is 1. The Balaban J connectivity index is 0. The second kappa shape index (κ2) is 6.81. The van der Waals surface area contributed by atoms with Crippen LogP contribution in [-0.2, 0) is 42.2 Å². The molecule has 0 aliphatic rings. The minimum atomic E-state index is -0.574. The average molecular weight is 205 g/mol. The van der Waals surface area contributed by atoms with Crippen molar-refractivity contribution in [1.82, 2.24) is 0 Å². The molecule has 0 bridgehead atoms. The number of methoxy groups -OCH3 is 1. The van der Waals surface area contributed by atoms with Gasteiger partial charge in [0.1, 0.15) is 0 Å². The Morgan fingerprint density at radius 1 is 1.67 bits per heavy atom. The van der Waals surface area contributed by atoms with Crippen LogP contribution in [0.2, 0.25) is 0 Å². The van der Waals surface area contributed by atoms with Crippen LogP contribution in [0.3, 0.4) is 0 Å². The van der Waals surface area contributed by atoms with Crippen molar-refractivity contribution in [2.45, 2.75) is 19.1 Å². The van der Waals surface area contributed by atoms with Crippen LogP contribution in [-0.4, -0.2) is 25.5 Å². The Morgan fingerprint density at radius 2 is 2.11 bits per heavy atom. The van der Waals surface area contributed by atoms with E-state index in [9.17, 15) is 4.79 Å². The van der Waals surface area contributed by atoms with Crippen molar-refractivity contribution in [3.8, 4) is 0 Å².